The van der Waals surface area contributed by atoms with Crippen molar-refractivity contribution in [2.75, 3.05) is 45.8 Å². The van der Waals surface area contributed by atoms with Crippen LogP contribution in [0.15, 0.2) is 72.8 Å². The van der Waals surface area contributed by atoms with Crippen LogP contribution < -0.4 is 21.7 Å². The van der Waals surface area contributed by atoms with Gasteiger partial charge in [0, 0.05) is 69.6 Å². The summed E-state index contributed by atoms with van der Waals surface area (Å²) >= 11 is 0. The Morgan fingerprint density at radius 3 is 1.37 bits per heavy atom. The molecule has 0 radical (unpaired) electrons. The number of carbonyl (C=O) groups excluding carboxylic acids is 5. The number of rotatable bonds is 13. The summed E-state index contributed by atoms with van der Waals surface area (Å²) in [6, 6.07) is 22.9. The van der Waals surface area contributed by atoms with E-state index < -0.39 is 48.8 Å². The predicted molar refractivity (Wildman–Crippen MR) is 358 cm³/mol. The van der Waals surface area contributed by atoms with Gasteiger partial charge in [-0.2, -0.15) is 0 Å². The topological polar surface area (TPSA) is 275 Å². The molecular weight excluding hydrogens is 1230 g/mol. The molecule has 5 heterocycles. The van der Waals surface area contributed by atoms with Crippen LogP contribution in [0, 0.1) is 32.6 Å². The third kappa shape index (κ3) is 24.0. The Labute approximate surface area is 547 Å². The maximum absolute atomic E-state index is 13.3. The number of ether oxygens (including phenoxy) is 1. The number of aliphatic carboxylic acids is 1. The van der Waals surface area contributed by atoms with E-state index in [0.29, 0.717) is 71.5 Å². The first-order chi connectivity index (χ1) is 41.2. The third-order valence-corrected chi connectivity index (χ3v) is 21.4. The minimum Gasteiger partial charge on any atom is -0.480 e. The van der Waals surface area contributed by atoms with Gasteiger partial charge in [0.25, 0.3) is 0 Å². The first-order valence-electron chi connectivity index (χ1n) is 31.1. The summed E-state index contributed by atoms with van der Waals surface area (Å²) in [4.78, 5) is 78.6. The number of hydrogen-bond acceptors (Lipinski definition) is 13. The quantitative estimate of drug-likeness (QED) is 0.0997. The molecule has 7 aliphatic rings. The smallest absolute Gasteiger partial charge is 0.411 e. The first-order valence-corrected chi connectivity index (χ1v) is 35.0. The molecule has 6 N–H and O–H groups in total. The molecule has 5 aliphatic heterocycles. The normalized spacial score (nSPS) is 21.6. The summed E-state index contributed by atoms with van der Waals surface area (Å²) in [7, 11) is -1.49. The SMILES string of the molecule is C.C.CC(C)(C)OC(=O)N1CCC[C@@H]1C(=O)O.Cc1ccc(CN)cc1.Cc1ccc(CNC(=O)[C@H]2CCCN2C(=O)[C@@H]2CCCN(S(=O)(=O)C3CCC3)C2)cc1.Cc1ccc(CNC(=O)[C@H]2CCCN2C(=O)[C@H]2CCCNC2)cc1.Cl.O=S(=O)(Cl)C1CCC1. The Morgan fingerprint density at radius 2 is 0.989 bits per heavy atom. The molecule has 24 heteroatoms. The highest BCUT2D eigenvalue weighted by Crippen LogP contribution is 2.33. The maximum Gasteiger partial charge on any atom is 0.411 e. The lowest BCUT2D eigenvalue weighted by Gasteiger charge is -2.38. The van der Waals surface area contributed by atoms with Crippen LogP contribution in [0.4, 0.5) is 4.79 Å². The summed E-state index contributed by atoms with van der Waals surface area (Å²) in [6.45, 7) is 17.2. The molecule has 3 aromatic rings. The molecule has 2 aliphatic carbocycles. The highest BCUT2D eigenvalue weighted by atomic mass is 35.7. The number of benzene rings is 3. The number of piperidine rings is 2. The fraction of sp³-hybridized carbons (Fsp3) is 0.636. The van der Waals surface area contributed by atoms with Gasteiger partial charge in [-0.05, 0) is 155 Å². The lowest BCUT2D eigenvalue weighted by Crippen LogP contribution is -2.52. The Hall–Kier alpha value is -5.36. The van der Waals surface area contributed by atoms with Gasteiger partial charge in [-0.3, -0.25) is 24.1 Å². The van der Waals surface area contributed by atoms with Gasteiger partial charge >= 0.3 is 12.1 Å². The van der Waals surface area contributed by atoms with Gasteiger partial charge in [-0.25, -0.2) is 30.7 Å². The van der Waals surface area contributed by atoms with Crippen molar-refractivity contribution in [3.63, 3.8) is 0 Å². The van der Waals surface area contributed by atoms with Gasteiger partial charge in [-0.15, -0.1) is 12.4 Å². The molecular formula is C66H104Cl2N8O12S2. The van der Waals surface area contributed by atoms with Crippen LogP contribution in [0.1, 0.15) is 172 Å². The fourth-order valence-electron chi connectivity index (χ4n) is 11.4. The van der Waals surface area contributed by atoms with Crippen molar-refractivity contribution in [2.24, 2.45) is 17.6 Å². The average Bonchev–Trinajstić information content (AvgIpc) is 0.999. The monoisotopic (exact) mass is 1330 g/mol. The third-order valence-electron chi connectivity index (χ3n) is 17.0. The van der Waals surface area contributed by atoms with Crippen LogP contribution in [0.5, 0.6) is 0 Å². The Kier molecular flexibility index (Phi) is 32.7. The molecule has 0 aromatic heterocycles. The van der Waals surface area contributed by atoms with E-state index in [2.05, 4.69) is 47.1 Å². The number of carboxylic acids is 1. The van der Waals surface area contributed by atoms with Gasteiger partial charge in [-0.1, -0.05) is 117 Å². The number of aryl methyl sites for hydroxylation is 3. The zero-order chi connectivity index (χ0) is 63.5. The van der Waals surface area contributed by atoms with E-state index in [9.17, 15) is 45.6 Å². The molecule has 5 amide bonds. The number of likely N-dealkylation sites (tertiary alicyclic amines) is 3. The van der Waals surface area contributed by atoms with Crippen molar-refractivity contribution in [3.8, 4) is 0 Å². The first kappa shape index (κ1) is 78.9. The molecule has 506 valence electrons. The van der Waals surface area contributed by atoms with Gasteiger partial charge in [0.15, 0.2) is 0 Å². The maximum atomic E-state index is 13.3. The predicted octanol–water partition coefficient (Wildman–Crippen LogP) is 9.52. The molecule has 20 nitrogen and oxygen atoms in total. The average molecular weight is 1340 g/mol. The van der Waals surface area contributed by atoms with E-state index in [1.165, 1.54) is 31.5 Å². The van der Waals surface area contributed by atoms with E-state index in [-0.39, 0.29) is 85.8 Å². The van der Waals surface area contributed by atoms with Crippen molar-refractivity contribution < 1.29 is 55.4 Å². The molecule has 7 fully saturated rings. The summed E-state index contributed by atoms with van der Waals surface area (Å²) in [5.74, 6) is -1.35. The Balaban J connectivity index is 0.000000317. The van der Waals surface area contributed by atoms with Crippen molar-refractivity contribution in [3.05, 3.63) is 106 Å². The number of carboxylic acid groups (broad SMARTS) is 1. The van der Waals surface area contributed by atoms with E-state index in [1.807, 2.05) is 67.3 Å². The van der Waals surface area contributed by atoms with Crippen molar-refractivity contribution in [1.29, 1.82) is 0 Å². The van der Waals surface area contributed by atoms with Crippen molar-refractivity contribution >= 4 is 77.9 Å². The zero-order valence-electron chi connectivity index (χ0n) is 52.3. The molecule has 90 heavy (non-hydrogen) atoms. The summed E-state index contributed by atoms with van der Waals surface area (Å²) in [6.07, 6.45) is 12.1. The number of sulfonamides is 1. The van der Waals surface area contributed by atoms with Gasteiger partial charge < -0.3 is 41.3 Å². The Morgan fingerprint density at radius 1 is 0.578 bits per heavy atom. The zero-order valence-corrected chi connectivity index (χ0v) is 55.5. The number of nitrogens with two attached hydrogens (primary N) is 1. The van der Waals surface area contributed by atoms with E-state index in [0.717, 1.165) is 101 Å². The van der Waals surface area contributed by atoms with Crippen LogP contribution >= 0.6 is 23.1 Å². The van der Waals surface area contributed by atoms with E-state index in [4.69, 9.17) is 26.3 Å². The molecule has 2 saturated carbocycles. The van der Waals surface area contributed by atoms with Crippen LogP contribution in [-0.4, -0.2) is 157 Å². The van der Waals surface area contributed by atoms with Crippen molar-refractivity contribution in [1.82, 2.24) is 35.0 Å². The van der Waals surface area contributed by atoms with E-state index >= 15 is 0 Å². The minimum atomic E-state index is -3.30. The van der Waals surface area contributed by atoms with Crippen LogP contribution in [0.25, 0.3) is 0 Å². The number of hydrogen-bond donors (Lipinski definition) is 5. The number of nitrogens with zero attached hydrogens (tertiary/aromatic N) is 4. The summed E-state index contributed by atoms with van der Waals surface area (Å²) in [5.41, 5.74) is 11.8. The van der Waals surface area contributed by atoms with Crippen LogP contribution in [0.2, 0.25) is 0 Å². The standard InChI is InChI=1S/C23H33N3O4S.C19H27N3O2.C10H17NO4.C8H11N.C4H7ClO2S.2CH4.ClH/c1-17-9-11-18(12-10-17)15-24-22(27)21-8-4-14-26(21)23(28)19-5-3-13-25(16-19)31(29,30)20-6-2-7-20;1-14-6-8-15(9-7-14)12-21-18(23)17-5-3-11-22(17)19(24)16-4-2-10-20-13-16;1-10(2,3)15-9(14)11-6-4-5-7(11)8(12)13;1-7-2-4-8(6-9)5-3-7;5-8(6,7)4-2-1-3-4;;;/h9-12,19-21H,2-8,13-16H2,1H3,(H,24,27);6-9,16-17,20H,2-5,10-13H2,1H3,(H,21,23);7H,4-6H2,1-3H3,(H,12,13);2-5H,6,9H2,1H3;4H,1-3H2;2*1H4;1H/t19-,21-;16-,17+;7-;;;;;/m101...../s1. The van der Waals surface area contributed by atoms with Gasteiger partial charge in [0.2, 0.25) is 42.7 Å². The minimum absolute atomic E-state index is 0. The second-order valence-electron chi connectivity index (χ2n) is 25.0. The van der Waals surface area contributed by atoms with E-state index in [1.54, 1.807) is 25.7 Å². The van der Waals surface area contributed by atoms with Crippen LogP contribution in [0.3, 0.4) is 0 Å². The summed E-state index contributed by atoms with van der Waals surface area (Å²) in [5, 5.41) is 17.6. The molecule has 5 saturated heterocycles. The second-order valence-corrected chi connectivity index (χ2v) is 30.1. The number of amides is 5. The number of carbonyl (C=O) groups is 6. The molecule has 0 spiro atoms. The highest BCUT2D eigenvalue weighted by Gasteiger charge is 2.44. The van der Waals surface area contributed by atoms with Crippen molar-refractivity contribution in [2.45, 2.75) is 213 Å². The molecule has 5 atom stereocenters. The van der Waals surface area contributed by atoms with Gasteiger partial charge in [0.05, 0.1) is 22.3 Å². The Bertz CT molecular complexity index is 2980. The summed E-state index contributed by atoms with van der Waals surface area (Å²) < 4.78 is 53.0. The largest absolute Gasteiger partial charge is 0.480 e. The highest BCUT2D eigenvalue weighted by molar-refractivity contribution is 8.14. The lowest BCUT2D eigenvalue weighted by molar-refractivity contribution is -0.142. The molecule has 0 bridgehead atoms. The molecule has 3 aromatic carbocycles. The second kappa shape index (κ2) is 37.4. The number of nitrogens with one attached hydrogen (secondary N) is 3. The molecule has 10 rings (SSSR count). The number of halogens is 2. The lowest BCUT2D eigenvalue weighted by atomic mass is 9.97. The van der Waals surface area contributed by atoms with Crippen LogP contribution in [-0.2, 0) is 67.4 Å². The molecule has 0 unspecified atom stereocenters. The van der Waals surface area contributed by atoms with Gasteiger partial charge in [0.1, 0.15) is 23.7 Å². The fourth-order valence-corrected chi connectivity index (χ4v) is 14.9.